The minimum Gasteiger partial charge on any atom is -0.464 e. The Bertz CT molecular complexity index is 1680. The number of nitrogens with zero attached hydrogens (tertiary/aromatic N) is 4. The summed E-state index contributed by atoms with van der Waals surface area (Å²) in [7, 11) is 2.29. The molecular formula is C25H18Cl3F3N6O4. The summed E-state index contributed by atoms with van der Waals surface area (Å²) in [4.78, 5) is 38.4. The smallest absolute Gasteiger partial charge is 0.358 e. The lowest BCUT2D eigenvalue weighted by Gasteiger charge is -2.08. The normalized spacial score (nSPS) is 10.5. The van der Waals surface area contributed by atoms with E-state index in [0.29, 0.717) is 0 Å². The van der Waals surface area contributed by atoms with Gasteiger partial charge in [-0.1, -0.05) is 40.9 Å². The highest BCUT2D eigenvalue weighted by Crippen LogP contribution is 2.30. The number of benzene rings is 2. The van der Waals surface area contributed by atoms with Crippen molar-refractivity contribution in [3.05, 3.63) is 79.8 Å². The van der Waals surface area contributed by atoms with Gasteiger partial charge in [-0.05, 0) is 36.8 Å². The van der Waals surface area contributed by atoms with Gasteiger partial charge in [-0.15, -0.1) is 0 Å². The van der Waals surface area contributed by atoms with Gasteiger partial charge in [-0.3, -0.25) is 0 Å². The summed E-state index contributed by atoms with van der Waals surface area (Å²) >= 11 is 17.1. The number of esters is 2. The first-order valence-electron chi connectivity index (χ1n) is 11.0. The summed E-state index contributed by atoms with van der Waals surface area (Å²) in [6, 6.07) is 6.83. The van der Waals surface area contributed by atoms with Crippen LogP contribution in [0, 0.1) is 24.4 Å². The zero-order valence-electron chi connectivity index (χ0n) is 21.2. The molecule has 0 spiro atoms. The van der Waals surface area contributed by atoms with Crippen LogP contribution in [0.3, 0.4) is 0 Å². The number of aromatic nitrogens is 4. The van der Waals surface area contributed by atoms with Gasteiger partial charge in [0.1, 0.15) is 27.5 Å². The summed E-state index contributed by atoms with van der Waals surface area (Å²) in [6.07, 6.45) is 0. The average Bonchev–Trinajstić information content (AvgIpc) is 2.94. The van der Waals surface area contributed by atoms with E-state index in [4.69, 9.17) is 46.3 Å². The van der Waals surface area contributed by atoms with Crippen molar-refractivity contribution >= 4 is 58.4 Å². The SMILES string of the molecule is COC(=O)c1nc(-c2ccc(C)cc2F)nc(N)c1Cl.COC(=O)c1nc(-c2ccc(Cl)c(F)c2F)nc(N)c1Cl. The van der Waals surface area contributed by atoms with E-state index in [2.05, 4.69) is 29.4 Å². The van der Waals surface area contributed by atoms with Crippen LogP contribution in [0.15, 0.2) is 30.3 Å². The average molecular weight is 630 g/mol. The van der Waals surface area contributed by atoms with Gasteiger partial charge < -0.3 is 20.9 Å². The van der Waals surface area contributed by atoms with Crippen LogP contribution in [-0.2, 0) is 9.47 Å². The number of carbonyl (C=O) groups excluding carboxylic acids is 2. The molecule has 0 unspecified atom stereocenters. The first kappa shape index (κ1) is 31.3. The molecule has 4 N–H and O–H groups in total. The van der Waals surface area contributed by atoms with Gasteiger partial charge in [0.2, 0.25) is 0 Å². The number of halogens is 6. The highest BCUT2D eigenvalue weighted by Gasteiger charge is 2.22. The Morgan fingerprint density at radius 1 is 0.732 bits per heavy atom. The number of aryl methyl sites for hydroxylation is 1. The molecule has 0 atom stereocenters. The van der Waals surface area contributed by atoms with Gasteiger partial charge in [-0.2, -0.15) is 0 Å². The Morgan fingerprint density at radius 3 is 1.66 bits per heavy atom. The molecule has 0 aliphatic heterocycles. The van der Waals surface area contributed by atoms with Gasteiger partial charge in [0, 0.05) is 0 Å². The molecule has 2 aromatic carbocycles. The molecule has 16 heteroatoms. The van der Waals surface area contributed by atoms with E-state index in [-0.39, 0.29) is 55.8 Å². The molecule has 2 aromatic heterocycles. The number of anilines is 2. The minimum atomic E-state index is -1.26. The van der Waals surface area contributed by atoms with Crippen molar-refractivity contribution in [3.63, 3.8) is 0 Å². The lowest BCUT2D eigenvalue weighted by atomic mass is 10.1. The number of rotatable bonds is 4. The fourth-order valence-corrected chi connectivity index (χ4v) is 3.60. The van der Waals surface area contributed by atoms with Gasteiger partial charge in [-0.25, -0.2) is 42.7 Å². The standard InChI is InChI=1S/C13H11ClFN3O2.C12H7Cl2F2N3O2/c1-6-3-4-7(8(15)5-6)12-17-10(13(19)20-2)9(14)11(16)18-12;1-21-12(20)9-6(14)10(17)19-11(18-9)4-2-3-5(13)8(16)7(4)15/h3-5H,1-2H3,(H2,16,17,18);2-3H,1H3,(H2,17,18,19). The Labute approximate surface area is 245 Å². The predicted molar refractivity (Wildman–Crippen MR) is 146 cm³/mol. The second kappa shape index (κ2) is 13.0. The van der Waals surface area contributed by atoms with E-state index in [1.807, 2.05) is 0 Å². The van der Waals surface area contributed by atoms with Crippen LogP contribution in [0.1, 0.15) is 26.5 Å². The van der Waals surface area contributed by atoms with Crippen molar-refractivity contribution in [2.45, 2.75) is 6.92 Å². The zero-order chi connectivity index (χ0) is 30.6. The van der Waals surface area contributed by atoms with Crippen LogP contribution in [0.4, 0.5) is 24.8 Å². The molecule has 0 saturated carbocycles. The van der Waals surface area contributed by atoms with E-state index in [0.717, 1.165) is 24.8 Å². The highest BCUT2D eigenvalue weighted by molar-refractivity contribution is 6.36. The Balaban J connectivity index is 0.000000226. The van der Waals surface area contributed by atoms with Crippen molar-refractivity contribution in [2.24, 2.45) is 0 Å². The number of hydrogen-bond donors (Lipinski definition) is 2. The van der Waals surface area contributed by atoms with Crippen molar-refractivity contribution in [1.29, 1.82) is 0 Å². The van der Waals surface area contributed by atoms with Gasteiger partial charge in [0.15, 0.2) is 34.7 Å². The summed E-state index contributed by atoms with van der Waals surface area (Å²) in [5.74, 6) is -5.40. The van der Waals surface area contributed by atoms with E-state index in [9.17, 15) is 22.8 Å². The fourth-order valence-electron chi connectivity index (χ4n) is 3.13. The maximum absolute atomic E-state index is 13.9. The molecule has 2 heterocycles. The largest absolute Gasteiger partial charge is 0.464 e. The molecule has 4 rings (SSSR count). The lowest BCUT2D eigenvalue weighted by molar-refractivity contribution is 0.0585. The summed E-state index contributed by atoms with van der Waals surface area (Å²) in [6.45, 7) is 1.75. The predicted octanol–water partition coefficient (Wildman–Crippen LogP) is 5.71. The van der Waals surface area contributed by atoms with E-state index >= 15 is 0 Å². The van der Waals surface area contributed by atoms with Gasteiger partial charge >= 0.3 is 11.9 Å². The van der Waals surface area contributed by atoms with Crippen LogP contribution >= 0.6 is 34.8 Å². The topological polar surface area (TPSA) is 156 Å². The molecule has 0 amide bonds. The molecule has 214 valence electrons. The Morgan fingerprint density at radius 2 is 1.20 bits per heavy atom. The van der Waals surface area contributed by atoms with E-state index < -0.39 is 34.4 Å². The van der Waals surface area contributed by atoms with Crippen LogP contribution in [-0.4, -0.2) is 46.1 Å². The molecule has 41 heavy (non-hydrogen) atoms. The third-order valence-corrected chi connectivity index (χ3v) is 6.19. The summed E-state index contributed by atoms with van der Waals surface area (Å²) in [5, 5.41) is -0.750. The highest BCUT2D eigenvalue weighted by atomic mass is 35.5. The fraction of sp³-hybridized carbons (Fsp3) is 0.120. The maximum atomic E-state index is 13.9. The van der Waals surface area contributed by atoms with Crippen LogP contribution in [0.2, 0.25) is 15.1 Å². The molecule has 4 aromatic rings. The van der Waals surface area contributed by atoms with Crippen molar-refractivity contribution in [1.82, 2.24) is 19.9 Å². The number of nitrogens with two attached hydrogens (primary N) is 2. The molecule has 0 radical (unpaired) electrons. The maximum Gasteiger partial charge on any atom is 0.358 e. The zero-order valence-corrected chi connectivity index (χ0v) is 23.5. The molecule has 0 aliphatic carbocycles. The first-order chi connectivity index (χ1) is 19.3. The summed E-state index contributed by atoms with van der Waals surface area (Å²) < 4.78 is 50.3. The molecule has 0 saturated heterocycles. The van der Waals surface area contributed by atoms with Crippen molar-refractivity contribution in [2.75, 3.05) is 25.7 Å². The van der Waals surface area contributed by atoms with Crippen molar-refractivity contribution in [3.8, 4) is 22.8 Å². The molecule has 0 aliphatic rings. The van der Waals surface area contributed by atoms with E-state index in [1.54, 1.807) is 13.0 Å². The van der Waals surface area contributed by atoms with Crippen LogP contribution < -0.4 is 11.5 Å². The van der Waals surface area contributed by atoms with Gasteiger partial charge in [0.25, 0.3) is 0 Å². The molecule has 0 fully saturated rings. The second-order valence-corrected chi connectivity index (χ2v) is 9.04. The van der Waals surface area contributed by atoms with E-state index in [1.165, 1.54) is 19.2 Å². The van der Waals surface area contributed by atoms with Crippen LogP contribution in [0.5, 0.6) is 0 Å². The minimum absolute atomic E-state index is 0.0233. The third-order valence-electron chi connectivity index (χ3n) is 5.15. The lowest BCUT2D eigenvalue weighted by Crippen LogP contribution is -2.10. The monoisotopic (exact) mass is 628 g/mol. The van der Waals surface area contributed by atoms with Gasteiger partial charge in [0.05, 0.1) is 30.4 Å². The third kappa shape index (κ3) is 6.76. The molecular weight excluding hydrogens is 612 g/mol. The second-order valence-electron chi connectivity index (χ2n) is 7.88. The Kier molecular flexibility index (Phi) is 9.92. The number of methoxy groups -OCH3 is 2. The number of carbonyl (C=O) groups is 2. The summed E-state index contributed by atoms with van der Waals surface area (Å²) in [5.41, 5.74) is 11.2. The number of nitrogen functional groups attached to an aromatic ring is 2. The van der Waals surface area contributed by atoms with Crippen molar-refractivity contribution < 1.29 is 32.2 Å². The molecule has 0 bridgehead atoms. The quantitative estimate of drug-likeness (QED) is 0.212. The molecule has 10 nitrogen and oxygen atoms in total. The Hall–Kier alpha value is -4.20. The first-order valence-corrected chi connectivity index (χ1v) is 12.2. The number of ether oxygens (including phenoxy) is 2. The van der Waals surface area contributed by atoms with Crippen LogP contribution in [0.25, 0.3) is 22.8 Å². The number of hydrogen-bond acceptors (Lipinski definition) is 10.